The number of piperidine rings is 1. The van der Waals surface area contributed by atoms with Crippen molar-refractivity contribution >= 4 is 18.3 Å². The molecule has 0 bridgehead atoms. The van der Waals surface area contributed by atoms with Gasteiger partial charge < -0.3 is 10.2 Å². The SMILES string of the molecule is CNC1CCN(CC(=O)N2CCCCCC2)CC1.Cl. The Labute approximate surface area is 123 Å². The predicted molar refractivity (Wildman–Crippen MR) is 80.8 cm³/mol. The van der Waals surface area contributed by atoms with Crippen LogP contribution in [0.3, 0.4) is 0 Å². The van der Waals surface area contributed by atoms with E-state index in [2.05, 4.69) is 15.1 Å². The Morgan fingerprint density at radius 3 is 2.16 bits per heavy atom. The van der Waals surface area contributed by atoms with E-state index >= 15 is 0 Å². The highest BCUT2D eigenvalue weighted by Crippen LogP contribution is 2.12. The minimum absolute atomic E-state index is 0. The Kier molecular flexibility index (Phi) is 7.73. The van der Waals surface area contributed by atoms with Gasteiger partial charge in [0.2, 0.25) is 5.91 Å². The first-order valence-electron chi connectivity index (χ1n) is 7.47. The van der Waals surface area contributed by atoms with Crippen LogP contribution in [-0.4, -0.2) is 61.5 Å². The van der Waals surface area contributed by atoms with Gasteiger partial charge in [0.15, 0.2) is 0 Å². The van der Waals surface area contributed by atoms with Crippen LogP contribution in [0.5, 0.6) is 0 Å². The van der Waals surface area contributed by atoms with Crippen molar-refractivity contribution in [3.63, 3.8) is 0 Å². The molecule has 112 valence electrons. The van der Waals surface area contributed by atoms with Crippen LogP contribution < -0.4 is 5.32 Å². The Hall–Kier alpha value is -0.320. The summed E-state index contributed by atoms with van der Waals surface area (Å²) in [6, 6.07) is 0.648. The summed E-state index contributed by atoms with van der Waals surface area (Å²) < 4.78 is 0. The lowest BCUT2D eigenvalue weighted by molar-refractivity contribution is -0.132. The van der Waals surface area contributed by atoms with Crippen molar-refractivity contribution in [2.75, 3.05) is 39.8 Å². The van der Waals surface area contributed by atoms with E-state index < -0.39 is 0 Å². The average Bonchev–Trinajstić information content (AvgIpc) is 2.68. The number of amides is 1. The van der Waals surface area contributed by atoms with Crippen molar-refractivity contribution in [1.82, 2.24) is 15.1 Å². The molecule has 2 aliphatic heterocycles. The van der Waals surface area contributed by atoms with Gasteiger partial charge in [-0.2, -0.15) is 0 Å². The van der Waals surface area contributed by atoms with Crippen LogP contribution in [0, 0.1) is 0 Å². The first-order valence-corrected chi connectivity index (χ1v) is 7.47. The lowest BCUT2D eigenvalue weighted by Crippen LogP contribution is -2.46. The zero-order valence-corrected chi connectivity index (χ0v) is 12.9. The number of halogens is 1. The van der Waals surface area contributed by atoms with Gasteiger partial charge >= 0.3 is 0 Å². The molecule has 1 amide bonds. The maximum atomic E-state index is 12.2. The highest BCUT2D eigenvalue weighted by Gasteiger charge is 2.22. The van der Waals surface area contributed by atoms with Gasteiger partial charge in [-0.05, 0) is 32.7 Å². The number of hydrogen-bond acceptors (Lipinski definition) is 3. The second-order valence-corrected chi connectivity index (χ2v) is 5.63. The van der Waals surface area contributed by atoms with Gasteiger partial charge in [-0.3, -0.25) is 9.69 Å². The molecule has 2 saturated heterocycles. The zero-order chi connectivity index (χ0) is 12.8. The highest BCUT2D eigenvalue weighted by molar-refractivity contribution is 5.85. The number of nitrogens with zero attached hydrogens (tertiary/aromatic N) is 2. The van der Waals surface area contributed by atoms with E-state index in [4.69, 9.17) is 0 Å². The molecule has 0 atom stereocenters. The van der Waals surface area contributed by atoms with Gasteiger partial charge in [-0.1, -0.05) is 12.8 Å². The fourth-order valence-electron chi connectivity index (χ4n) is 2.99. The summed E-state index contributed by atoms with van der Waals surface area (Å²) >= 11 is 0. The fraction of sp³-hybridized carbons (Fsp3) is 0.929. The molecule has 2 aliphatic rings. The first-order chi connectivity index (χ1) is 8.79. The number of hydrogen-bond donors (Lipinski definition) is 1. The lowest BCUT2D eigenvalue weighted by atomic mass is 10.1. The lowest BCUT2D eigenvalue weighted by Gasteiger charge is -2.32. The number of carbonyl (C=O) groups excluding carboxylic acids is 1. The van der Waals surface area contributed by atoms with Crippen LogP contribution in [-0.2, 0) is 4.79 Å². The van der Waals surface area contributed by atoms with Crippen LogP contribution >= 0.6 is 12.4 Å². The molecule has 2 fully saturated rings. The molecule has 0 radical (unpaired) electrons. The van der Waals surface area contributed by atoms with Gasteiger partial charge in [0.25, 0.3) is 0 Å². The predicted octanol–water partition coefficient (Wildman–Crippen LogP) is 1.49. The van der Waals surface area contributed by atoms with Gasteiger partial charge in [0.05, 0.1) is 6.54 Å². The van der Waals surface area contributed by atoms with E-state index in [1.165, 1.54) is 38.5 Å². The molecule has 0 spiro atoms. The summed E-state index contributed by atoms with van der Waals surface area (Å²) in [5.74, 6) is 0.347. The van der Waals surface area contributed by atoms with Crippen molar-refractivity contribution in [3.8, 4) is 0 Å². The third kappa shape index (κ3) is 5.28. The highest BCUT2D eigenvalue weighted by atomic mass is 35.5. The molecule has 1 N–H and O–H groups in total. The van der Waals surface area contributed by atoms with Crippen molar-refractivity contribution in [3.05, 3.63) is 0 Å². The van der Waals surface area contributed by atoms with E-state index in [-0.39, 0.29) is 12.4 Å². The van der Waals surface area contributed by atoms with E-state index in [0.29, 0.717) is 18.5 Å². The van der Waals surface area contributed by atoms with Crippen LogP contribution in [0.15, 0.2) is 0 Å². The van der Waals surface area contributed by atoms with E-state index in [1.54, 1.807) is 0 Å². The van der Waals surface area contributed by atoms with Crippen LogP contribution in [0.1, 0.15) is 38.5 Å². The van der Waals surface area contributed by atoms with Crippen molar-refractivity contribution in [1.29, 1.82) is 0 Å². The number of carbonyl (C=O) groups is 1. The third-order valence-electron chi connectivity index (χ3n) is 4.31. The summed E-state index contributed by atoms with van der Waals surface area (Å²) in [5, 5.41) is 3.33. The summed E-state index contributed by atoms with van der Waals surface area (Å²) in [4.78, 5) is 16.6. The van der Waals surface area contributed by atoms with Crippen LogP contribution in [0.25, 0.3) is 0 Å². The zero-order valence-electron chi connectivity index (χ0n) is 12.1. The number of likely N-dealkylation sites (tertiary alicyclic amines) is 2. The quantitative estimate of drug-likeness (QED) is 0.855. The second-order valence-electron chi connectivity index (χ2n) is 5.63. The summed E-state index contributed by atoms with van der Waals surface area (Å²) in [5.41, 5.74) is 0. The smallest absolute Gasteiger partial charge is 0.236 e. The molecule has 0 aliphatic carbocycles. The number of nitrogens with one attached hydrogen (secondary N) is 1. The Bertz CT molecular complexity index is 259. The van der Waals surface area contributed by atoms with E-state index in [0.717, 1.165) is 26.2 Å². The summed E-state index contributed by atoms with van der Waals surface area (Å²) in [6.45, 7) is 4.71. The van der Waals surface area contributed by atoms with Crippen molar-refractivity contribution in [2.24, 2.45) is 0 Å². The monoisotopic (exact) mass is 289 g/mol. The molecule has 2 rings (SSSR count). The minimum Gasteiger partial charge on any atom is -0.342 e. The van der Waals surface area contributed by atoms with Gasteiger partial charge in [0, 0.05) is 32.2 Å². The Morgan fingerprint density at radius 1 is 1.05 bits per heavy atom. The molecule has 0 saturated carbocycles. The topological polar surface area (TPSA) is 35.6 Å². The second kappa shape index (κ2) is 8.77. The van der Waals surface area contributed by atoms with Crippen LogP contribution in [0.4, 0.5) is 0 Å². The van der Waals surface area contributed by atoms with Crippen molar-refractivity contribution in [2.45, 2.75) is 44.6 Å². The maximum absolute atomic E-state index is 12.2. The molecule has 0 aromatic rings. The van der Waals surface area contributed by atoms with E-state index in [1.807, 2.05) is 7.05 Å². The standard InChI is InChI=1S/C14H27N3O.ClH/c1-15-13-6-10-16(11-7-13)12-14(18)17-8-4-2-3-5-9-17;/h13,15H,2-12H2,1H3;1H. The maximum Gasteiger partial charge on any atom is 0.236 e. The molecule has 4 nitrogen and oxygen atoms in total. The molecule has 0 unspecified atom stereocenters. The Balaban J connectivity index is 0.00000180. The van der Waals surface area contributed by atoms with E-state index in [9.17, 15) is 4.79 Å². The Morgan fingerprint density at radius 2 is 1.63 bits per heavy atom. The van der Waals surface area contributed by atoms with Gasteiger partial charge in [-0.25, -0.2) is 0 Å². The largest absolute Gasteiger partial charge is 0.342 e. The van der Waals surface area contributed by atoms with Gasteiger partial charge in [-0.15, -0.1) is 12.4 Å². The first kappa shape index (κ1) is 16.7. The molecule has 0 aromatic carbocycles. The molecular formula is C14H28ClN3O. The average molecular weight is 290 g/mol. The fourth-order valence-corrected chi connectivity index (χ4v) is 2.99. The third-order valence-corrected chi connectivity index (χ3v) is 4.31. The minimum atomic E-state index is 0. The molecule has 5 heteroatoms. The van der Waals surface area contributed by atoms with Gasteiger partial charge in [0.1, 0.15) is 0 Å². The summed E-state index contributed by atoms with van der Waals surface area (Å²) in [6.07, 6.45) is 7.30. The normalized spacial score (nSPS) is 22.7. The van der Waals surface area contributed by atoms with Crippen molar-refractivity contribution < 1.29 is 4.79 Å². The molecular weight excluding hydrogens is 262 g/mol. The molecule has 2 heterocycles. The van der Waals surface area contributed by atoms with Crippen LogP contribution in [0.2, 0.25) is 0 Å². The molecule has 19 heavy (non-hydrogen) atoms. The number of rotatable bonds is 3. The molecule has 0 aromatic heterocycles. The summed E-state index contributed by atoms with van der Waals surface area (Å²) in [7, 11) is 2.03.